The van der Waals surface area contributed by atoms with Crippen LogP contribution in [-0.2, 0) is 6.61 Å². The van der Waals surface area contributed by atoms with E-state index < -0.39 is 17.7 Å². The number of carbonyl (C=O) groups is 1. The average molecular weight is 360 g/mol. The summed E-state index contributed by atoms with van der Waals surface area (Å²) in [4.78, 5) is 11.1. The predicted molar refractivity (Wildman–Crippen MR) is 87.7 cm³/mol. The molecule has 0 fully saturated rings. The van der Waals surface area contributed by atoms with Crippen molar-refractivity contribution in [3.05, 3.63) is 65.7 Å². The van der Waals surface area contributed by atoms with Gasteiger partial charge in [-0.2, -0.15) is 0 Å². The quantitative estimate of drug-likeness (QED) is 0.747. The van der Waals surface area contributed by atoms with Gasteiger partial charge in [-0.1, -0.05) is 5.16 Å². The van der Waals surface area contributed by atoms with Crippen molar-refractivity contribution in [2.75, 3.05) is 7.05 Å². The highest BCUT2D eigenvalue weighted by atomic mass is 19.1. The van der Waals surface area contributed by atoms with Crippen LogP contribution in [0.15, 0.2) is 53.1 Å². The van der Waals surface area contributed by atoms with Crippen LogP contribution in [0.1, 0.15) is 5.56 Å². The fourth-order valence-corrected chi connectivity index (χ4v) is 2.17. The number of carbonyl (C=O) groups excluding carboxylic acids is 1. The van der Waals surface area contributed by atoms with E-state index in [4.69, 9.17) is 14.0 Å². The molecule has 3 rings (SSSR count). The summed E-state index contributed by atoms with van der Waals surface area (Å²) in [5.74, 6) is -0.823. The van der Waals surface area contributed by atoms with Crippen molar-refractivity contribution >= 4 is 6.09 Å². The van der Waals surface area contributed by atoms with E-state index in [0.29, 0.717) is 22.6 Å². The second-order valence-corrected chi connectivity index (χ2v) is 5.26. The van der Waals surface area contributed by atoms with E-state index in [2.05, 4.69) is 10.5 Å². The number of nitrogens with zero attached hydrogens (tertiary/aromatic N) is 1. The van der Waals surface area contributed by atoms with Crippen LogP contribution in [0.5, 0.6) is 11.7 Å². The van der Waals surface area contributed by atoms with Gasteiger partial charge in [-0.15, -0.1) is 0 Å². The fourth-order valence-electron chi connectivity index (χ4n) is 2.17. The highest BCUT2D eigenvalue weighted by Crippen LogP contribution is 2.25. The van der Waals surface area contributed by atoms with Crippen LogP contribution >= 0.6 is 0 Å². The number of hydrogen-bond acceptors (Lipinski definition) is 5. The van der Waals surface area contributed by atoms with Crippen molar-refractivity contribution in [2.24, 2.45) is 0 Å². The van der Waals surface area contributed by atoms with Gasteiger partial charge < -0.3 is 19.3 Å². The first-order valence-electron chi connectivity index (χ1n) is 7.58. The zero-order chi connectivity index (χ0) is 18.5. The lowest BCUT2D eigenvalue weighted by molar-refractivity contribution is 0.183. The molecule has 134 valence electrons. The topological polar surface area (TPSA) is 73.6 Å². The Hall–Kier alpha value is -3.42. The lowest BCUT2D eigenvalue weighted by Crippen LogP contribution is -2.21. The molecule has 1 aromatic heterocycles. The molecule has 0 saturated heterocycles. The summed E-state index contributed by atoms with van der Waals surface area (Å²) in [6, 6.07) is 11.5. The van der Waals surface area contributed by atoms with Crippen LogP contribution in [0.4, 0.5) is 13.6 Å². The monoisotopic (exact) mass is 360 g/mol. The van der Waals surface area contributed by atoms with Gasteiger partial charge in [-0.05, 0) is 42.0 Å². The summed E-state index contributed by atoms with van der Waals surface area (Å²) >= 11 is 0. The smallest absolute Gasteiger partial charge is 0.414 e. The lowest BCUT2D eigenvalue weighted by Gasteiger charge is -2.07. The Balaban J connectivity index is 1.64. The molecule has 0 spiro atoms. The van der Waals surface area contributed by atoms with Crippen LogP contribution in [0.25, 0.3) is 11.3 Å². The predicted octanol–water partition coefficient (Wildman–Crippen LogP) is 3.92. The summed E-state index contributed by atoms with van der Waals surface area (Å²) in [5, 5.41) is 6.10. The van der Waals surface area contributed by atoms with E-state index in [-0.39, 0.29) is 12.6 Å². The summed E-state index contributed by atoms with van der Waals surface area (Å²) in [6.45, 7) is 0.0299. The molecular formula is C18H14F2N2O4. The van der Waals surface area contributed by atoms with Crippen LogP contribution in [0.2, 0.25) is 0 Å². The fraction of sp³-hybridized carbons (Fsp3) is 0.111. The summed E-state index contributed by atoms with van der Waals surface area (Å²) in [7, 11) is 1.43. The van der Waals surface area contributed by atoms with Gasteiger partial charge in [0.25, 0.3) is 0 Å². The van der Waals surface area contributed by atoms with Crippen LogP contribution in [0, 0.1) is 11.6 Å². The van der Waals surface area contributed by atoms with Crippen LogP contribution in [-0.4, -0.2) is 18.3 Å². The van der Waals surface area contributed by atoms with Crippen molar-refractivity contribution in [1.29, 1.82) is 0 Å². The minimum absolute atomic E-state index is 0.0299. The molecule has 1 heterocycles. The second kappa shape index (κ2) is 7.64. The molecule has 0 radical (unpaired) electrons. The maximum Gasteiger partial charge on any atom is 0.414 e. The molecule has 8 heteroatoms. The van der Waals surface area contributed by atoms with E-state index in [1.54, 1.807) is 24.3 Å². The highest BCUT2D eigenvalue weighted by molar-refractivity contribution is 5.70. The number of halogens is 2. The molecule has 0 aliphatic rings. The molecule has 0 saturated carbocycles. The van der Waals surface area contributed by atoms with Gasteiger partial charge in [0, 0.05) is 18.7 Å². The average Bonchev–Trinajstić information content (AvgIpc) is 3.08. The number of hydrogen-bond donors (Lipinski definition) is 1. The van der Waals surface area contributed by atoms with Crippen molar-refractivity contribution in [3.63, 3.8) is 0 Å². The standard InChI is InChI=1S/C18H14F2N2O4/c1-21-18(23)25-17-9-16(22-26-17)12-2-4-15(5-3-12)24-10-11-6-13(19)8-14(20)7-11/h2-9H,10H2,1H3,(H,21,23). The van der Waals surface area contributed by atoms with Crippen LogP contribution in [0.3, 0.4) is 0 Å². The molecule has 0 atom stereocenters. The van der Waals surface area contributed by atoms with Gasteiger partial charge in [0.05, 0.1) is 6.07 Å². The Morgan fingerprint density at radius 3 is 2.46 bits per heavy atom. The third-order valence-corrected chi connectivity index (χ3v) is 3.36. The second-order valence-electron chi connectivity index (χ2n) is 5.26. The third-order valence-electron chi connectivity index (χ3n) is 3.36. The number of rotatable bonds is 5. The Morgan fingerprint density at radius 1 is 1.12 bits per heavy atom. The maximum atomic E-state index is 13.2. The van der Waals surface area contributed by atoms with E-state index in [1.165, 1.54) is 25.2 Å². The number of aromatic nitrogens is 1. The Bertz CT molecular complexity index is 890. The highest BCUT2D eigenvalue weighted by Gasteiger charge is 2.11. The van der Waals surface area contributed by atoms with E-state index in [1.807, 2.05) is 0 Å². The molecule has 0 aliphatic carbocycles. The number of benzene rings is 2. The molecule has 0 aliphatic heterocycles. The third kappa shape index (κ3) is 4.35. The zero-order valence-corrected chi connectivity index (χ0v) is 13.7. The minimum Gasteiger partial charge on any atom is -0.489 e. The maximum absolute atomic E-state index is 13.2. The molecule has 3 aromatic rings. The van der Waals surface area contributed by atoms with Crippen molar-refractivity contribution in [2.45, 2.75) is 6.61 Å². The van der Waals surface area contributed by atoms with E-state index in [0.717, 1.165) is 6.07 Å². The molecule has 2 aromatic carbocycles. The number of ether oxygens (including phenoxy) is 2. The Morgan fingerprint density at radius 2 is 1.81 bits per heavy atom. The summed E-state index contributed by atoms with van der Waals surface area (Å²) in [5.41, 5.74) is 1.58. The van der Waals surface area contributed by atoms with Gasteiger partial charge in [0.1, 0.15) is 29.7 Å². The summed E-state index contributed by atoms with van der Waals surface area (Å²) < 4.78 is 41.6. The van der Waals surface area contributed by atoms with E-state index >= 15 is 0 Å². The molecule has 0 unspecified atom stereocenters. The van der Waals surface area contributed by atoms with Crippen molar-refractivity contribution in [3.8, 4) is 23.0 Å². The molecule has 6 nitrogen and oxygen atoms in total. The SMILES string of the molecule is CNC(=O)Oc1cc(-c2ccc(OCc3cc(F)cc(F)c3)cc2)no1. The molecule has 26 heavy (non-hydrogen) atoms. The molecular weight excluding hydrogens is 346 g/mol. The molecule has 1 amide bonds. The van der Waals surface area contributed by atoms with Crippen molar-refractivity contribution < 1.29 is 27.6 Å². The zero-order valence-electron chi connectivity index (χ0n) is 13.7. The Labute approximate surface area is 147 Å². The number of amides is 1. The molecule has 1 N–H and O–H groups in total. The first-order chi connectivity index (χ1) is 12.5. The number of nitrogens with one attached hydrogen (secondary N) is 1. The van der Waals surface area contributed by atoms with Crippen LogP contribution < -0.4 is 14.8 Å². The first kappa shape index (κ1) is 17.4. The first-order valence-corrected chi connectivity index (χ1v) is 7.58. The Kier molecular flexibility index (Phi) is 5.12. The normalized spacial score (nSPS) is 10.4. The van der Waals surface area contributed by atoms with Gasteiger partial charge in [-0.25, -0.2) is 13.6 Å². The van der Waals surface area contributed by atoms with Gasteiger partial charge in [-0.3, -0.25) is 0 Å². The van der Waals surface area contributed by atoms with Gasteiger partial charge >= 0.3 is 12.0 Å². The lowest BCUT2D eigenvalue weighted by atomic mass is 10.1. The largest absolute Gasteiger partial charge is 0.489 e. The van der Waals surface area contributed by atoms with Gasteiger partial charge in [0.15, 0.2) is 0 Å². The summed E-state index contributed by atoms with van der Waals surface area (Å²) in [6.07, 6.45) is -0.662. The van der Waals surface area contributed by atoms with Gasteiger partial charge in [0.2, 0.25) is 0 Å². The minimum atomic E-state index is -0.662. The van der Waals surface area contributed by atoms with E-state index in [9.17, 15) is 13.6 Å². The van der Waals surface area contributed by atoms with Crippen molar-refractivity contribution in [1.82, 2.24) is 10.5 Å². The molecule has 0 bridgehead atoms.